The first kappa shape index (κ1) is 13.6. The maximum atomic E-state index is 12.6. The Morgan fingerprint density at radius 2 is 2.10 bits per heavy atom. The molecule has 106 valence electrons. The molecular weight excluding hydrogens is 285 g/mol. The van der Waals surface area contributed by atoms with Gasteiger partial charge in [-0.15, -0.1) is 11.3 Å². The number of hydrogen-bond acceptors (Lipinski definition) is 3. The van der Waals surface area contributed by atoms with Gasteiger partial charge < -0.3 is 5.32 Å². The van der Waals surface area contributed by atoms with Gasteiger partial charge in [-0.05, 0) is 30.0 Å². The van der Waals surface area contributed by atoms with Crippen LogP contribution in [0.3, 0.4) is 0 Å². The minimum atomic E-state index is -4.37. The van der Waals surface area contributed by atoms with E-state index in [1.54, 1.807) is 0 Å². The van der Waals surface area contributed by atoms with Crippen molar-refractivity contribution in [2.24, 2.45) is 0 Å². The molecule has 1 aromatic carbocycles. The molecule has 1 saturated carbocycles. The van der Waals surface area contributed by atoms with Gasteiger partial charge in [-0.25, -0.2) is 4.98 Å². The van der Waals surface area contributed by atoms with E-state index >= 15 is 0 Å². The Balaban J connectivity index is 1.78. The molecule has 0 amide bonds. The second-order valence-corrected chi connectivity index (χ2v) is 5.91. The van der Waals surface area contributed by atoms with Crippen molar-refractivity contribution in [2.45, 2.75) is 31.6 Å². The van der Waals surface area contributed by atoms with Crippen molar-refractivity contribution in [1.82, 2.24) is 10.3 Å². The molecule has 1 heterocycles. The molecule has 0 saturated heterocycles. The predicted octanol–water partition coefficient (Wildman–Crippen LogP) is 4.08. The number of nitrogens with zero attached hydrogens (tertiary/aromatic N) is 1. The molecule has 6 heteroatoms. The number of benzene rings is 1. The van der Waals surface area contributed by atoms with E-state index in [9.17, 15) is 13.2 Å². The van der Waals surface area contributed by atoms with Crippen LogP contribution in [0.15, 0.2) is 30.5 Å². The molecule has 1 aliphatic rings. The monoisotopic (exact) mass is 298 g/mol. The van der Waals surface area contributed by atoms with Crippen LogP contribution in [0.4, 0.5) is 13.2 Å². The van der Waals surface area contributed by atoms with Crippen molar-refractivity contribution in [2.75, 3.05) is 0 Å². The number of alkyl halides is 3. The lowest BCUT2D eigenvalue weighted by Crippen LogP contribution is -2.15. The Bertz CT molecular complexity index is 602. The van der Waals surface area contributed by atoms with Gasteiger partial charge in [0.2, 0.25) is 0 Å². The molecule has 20 heavy (non-hydrogen) atoms. The standard InChI is InChI=1S/C14H13F3N2S/c15-14(16,17)13-19-8-12(20-13)10-3-1-2-9(6-10)7-18-11-4-5-11/h1-3,6,8,11,18H,4-5,7H2. The fraction of sp³-hybridized carbons (Fsp3) is 0.357. The summed E-state index contributed by atoms with van der Waals surface area (Å²) in [4.78, 5) is 4.00. The predicted molar refractivity (Wildman–Crippen MR) is 72.4 cm³/mol. The molecule has 0 unspecified atom stereocenters. The molecule has 0 atom stereocenters. The van der Waals surface area contributed by atoms with Crippen molar-refractivity contribution in [3.8, 4) is 10.4 Å². The molecular formula is C14H13F3N2S. The Kier molecular flexibility index (Phi) is 3.52. The molecule has 1 N–H and O–H groups in total. The molecule has 1 fully saturated rings. The van der Waals surface area contributed by atoms with Crippen LogP contribution in [-0.4, -0.2) is 11.0 Å². The van der Waals surface area contributed by atoms with E-state index in [2.05, 4.69) is 10.3 Å². The van der Waals surface area contributed by atoms with Crippen LogP contribution >= 0.6 is 11.3 Å². The zero-order chi connectivity index (χ0) is 14.2. The number of thiazole rings is 1. The van der Waals surface area contributed by atoms with Crippen LogP contribution in [-0.2, 0) is 12.7 Å². The van der Waals surface area contributed by atoms with Crippen molar-refractivity contribution < 1.29 is 13.2 Å². The number of rotatable bonds is 4. The van der Waals surface area contributed by atoms with Crippen LogP contribution in [0.5, 0.6) is 0 Å². The fourth-order valence-electron chi connectivity index (χ4n) is 1.92. The lowest BCUT2D eigenvalue weighted by molar-refractivity contribution is -0.137. The third-order valence-corrected chi connectivity index (χ3v) is 4.22. The summed E-state index contributed by atoms with van der Waals surface area (Å²) in [6.07, 6.45) is -0.651. The molecule has 1 aliphatic carbocycles. The number of nitrogens with one attached hydrogen (secondary N) is 1. The van der Waals surface area contributed by atoms with Crippen LogP contribution < -0.4 is 5.32 Å². The Morgan fingerprint density at radius 3 is 2.75 bits per heavy atom. The van der Waals surface area contributed by atoms with Gasteiger partial charge in [-0.2, -0.15) is 13.2 Å². The minimum absolute atomic E-state index is 0.547. The van der Waals surface area contributed by atoms with Crippen molar-refractivity contribution in [3.05, 3.63) is 41.0 Å². The molecule has 3 rings (SSSR count). The average Bonchev–Trinajstić information content (AvgIpc) is 3.09. The normalized spacial score (nSPS) is 15.6. The second-order valence-electron chi connectivity index (χ2n) is 4.88. The van der Waals surface area contributed by atoms with Gasteiger partial charge in [0.25, 0.3) is 0 Å². The maximum absolute atomic E-state index is 12.6. The SMILES string of the molecule is FC(F)(F)c1ncc(-c2cccc(CNC3CC3)c2)s1. The highest BCUT2D eigenvalue weighted by Gasteiger charge is 2.34. The molecule has 2 nitrogen and oxygen atoms in total. The highest BCUT2D eigenvalue weighted by Crippen LogP contribution is 2.36. The Morgan fingerprint density at radius 1 is 1.30 bits per heavy atom. The van der Waals surface area contributed by atoms with Gasteiger partial charge in [0.05, 0.1) is 4.88 Å². The van der Waals surface area contributed by atoms with Crippen LogP contribution in [0.1, 0.15) is 23.4 Å². The topological polar surface area (TPSA) is 24.9 Å². The van der Waals surface area contributed by atoms with Gasteiger partial charge in [0, 0.05) is 18.8 Å². The van der Waals surface area contributed by atoms with Crippen LogP contribution in [0.25, 0.3) is 10.4 Å². The van der Waals surface area contributed by atoms with Gasteiger partial charge in [-0.3, -0.25) is 0 Å². The summed E-state index contributed by atoms with van der Waals surface area (Å²) in [6.45, 7) is 0.753. The minimum Gasteiger partial charge on any atom is -0.310 e. The molecule has 0 spiro atoms. The van der Waals surface area contributed by atoms with Crippen molar-refractivity contribution >= 4 is 11.3 Å². The first-order valence-electron chi connectivity index (χ1n) is 6.38. The smallest absolute Gasteiger partial charge is 0.310 e. The lowest BCUT2D eigenvalue weighted by Gasteiger charge is -2.05. The maximum Gasteiger partial charge on any atom is 0.443 e. The summed E-state index contributed by atoms with van der Waals surface area (Å²) in [6, 6.07) is 8.19. The van der Waals surface area contributed by atoms with E-state index in [-0.39, 0.29) is 0 Å². The van der Waals surface area contributed by atoms with Gasteiger partial charge >= 0.3 is 6.18 Å². The zero-order valence-corrected chi connectivity index (χ0v) is 11.4. The third-order valence-electron chi connectivity index (χ3n) is 3.13. The van der Waals surface area contributed by atoms with E-state index in [0.717, 1.165) is 17.7 Å². The first-order valence-corrected chi connectivity index (χ1v) is 7.20. The quantitative estimate of drug-likeness (QED) is 0.920. The summed E-state index contributed by atoms with van der Waals surface area (Å²) in [7, 11) is 0. The van der Waals surface area contributed by atoms with Gasteiger partial charge in [0.15, 0.2) is 5.01 Å². The van der Waals surface area contributed by atoms with E-state index in [0.29, 0.717) is 22.3 Å². The molecule has 2 aromatic rings. The first-order chi connectivity index (χ1) is 9.52. The molecule has 0 radical (unpaired) electrons. The number of aromatic nitrogens is 1. The fourth-order valence-corrected chi connectivity index (χ4v) is 2.70. The third kappa shape index (κ3) is 3.19. The Hall–Kier alpha value is -1.40. The summed E-state index contributed by atoms with van der Waals surface area (Å²) in [5.41, 5.74) is 1.87. The van der Waals surface area contributed by atoms with E-state index in [1.165, 1.54) is 19.0 Å². The van der Waals surface area contributed by atoms with Crippen molar-refractivity contribution in [1.29, 1.82) is 0 Å². The second kappa shape index (κ2) is 5.18. The van der Waals surface area contributed by atoms with E-state index < -0.39 is 11.2 Å². The van der Waals surface area contributed by atoms with Gasteiger partial charge in [-0.1, -0.05) is 18.2 Å². The molecule has 1 aromatic heterocycles. The largest absolute Gasteiger partial charge is 0.443 e. The average molecular weight is 298 g/mol. The van der Waals surface area contributed by atoms with Crippen LogP contribution in [0.2, 0.25) is 0 Å². The Labute approximate surface area is 118 Å². The molecule has 0 bridgehead atoms. The summed E-state index contributed by atoms with van der Waals surface area (Å²) in [5.74, 6) is 0. The number of hydrogen-bond donors (Lipinski definition) is 1. The van der Waals surface area contributed by atoms with Crippen LogP contribution in [0, 0.1) is 0 Å². The number of halogens is 3. The lowest BCUT2D eigenvalue weighted by atomic mass is 10.1. The van der Waals surface area contributed by atoms with Crippen molar-refractivity contribution in [3.63, 3.8) is 0 Å². The van der Waals surface area contributed by atoms with E-state index in [1.807, 2.05) is 24.3 Å². The van der Waals surface area contributed by atoms with Gasteiger partial charge in [0.1, 0.15) is 0 Å². The van der Waals surface area contributed by atoms with E-state index in [4.69, 9.17) is 0 Å². The molecule has 0 aliphatic heterocycles. The summed E-state index contributed by atoms with van der Waals surface area (Å²) >= 11 is 0.682. The summed E-state index contributed by atoms with van der Waals surface area (Å²) < 4.78 is 37.7. The zero-order valence-electron chi connectivity index (χ0n) is 10.6. The summed E-state index contributed by atoms with van der Waals surface area (Å²) in [5, 5.41) is 2.59. The highest BCUT2D eigenvalue weighted by molar-refractivity contribution is 7.15. The highest BCUT2D eigenvalue weighted by atomic mass is 32.1.